The molecule has 0 unspecified atom stereocenters. The van der Waals surface area contributed by atoms with Crippen LogP contribution in [0.2, 0.25) is 0 Å². The van der Waals surface area contributed by atoms with E-state index in [-0.39, 0.29) is 5.91 Å². The fourth-order valence-electron chi connectivity index (χ4n) is 2.83. The highest BCUT2D eigenvalue weighted by molar-refractivity contribution is 5.94. The van der Waals surface area contributed by atoms with Crippen LogP contribution in [0.15, 0.2) is 66.9 Å². The van der Waals surface area contributed by atoms with Crippen molar-refractivity contribution >= 4 is 5.91 Å². The summed E-state index contributed by atoms with van der Waals surface area (Å²) < 4.78 is 16.9. The quantitative estimate of drug-likeness (QED) is 0.541. The zero-order valence-corrected chi connectivity index (χ0v) is 17.3. The third kappa shape index (κ3) is 5.73. The molecule has 3 rings (SSSR count). The zero-order valence-electron chi connectivity index (χ0n) is 17.3. The molecule has 1 heterocycles. The molecule has 0 spiro atoms. The van der Waals surface area contributed by atoms with Gasteiger partial charge >= 0.3 is 0 Å². The number of hydrogen-bond donors (Lipinski definition) is 1. The van der Waals surface area contributed by atoms with E-state index in [0.717, 1.165) is 17.5 Å². The lowest BCUT2D eigenvalue weighted by Crippen LogP contribution is -2.23. The number of benzene rings is 2. The van der Waals surface area contributed by atoms with Crippen molar-refractivity contribution in [3.63, 3.8) is 0 Å². The van der Waals surface area contributed by atoms with Crippen molar-refractivity contribution in [1.29, 1.82) is 0 Å². The van der Waals surface area contributed by atoms with Gasteiger partial charge in [0.1, 0.15) is 6.61 Å². The van der Waals surface area contributed by atoms with Crippen LogP contribution in [0.1, 0.15) is 34.8 Å². The third-order valence-corrected chi connectivity index (χ3v) is 4.40. The molecule has 1 N–H and O–H groups in total. The maximum Gasteiger partial charge on any atom is 0.251 e. The van der Waals surface area contributed by atoms with Crippen LogP contribution in [-0.2, 0) is 13.2 Å². The van der Waals surface area contributed by atoms with Gasteiger partial charge in [-0.05, 0) is 36.2 Å². The average molecular weight is 406 g/mol. The number of aromatic nitrogens is 1. The molecule has 0 atom stereocenters. The van der Waals surface area contributed by atoms with E-state index in [4.69, 9.17) is 14.2 Å². The molecule has 6 nitrogen and oxygen atoms in total. The molecule has 6 heteroatoms. The lowest BCUT2D eigenvalue weighted by Gasteiger charge is -2.13. The van der Waals surface area contributed by atoms with Crippen molar-refractivity contribution < 1.29 is 19.0 Å². The molecule has 0 saturated heterocycles. The molecule has 3 aromatic rings. The van der Waals surface area contributed by atoms with Crippen molar-refractivity contribution in [3.8, 4) is 17.4 Å². The molecule has 0 radical (unpaired) electrons. The number of hydrogen-bond acceptors (Lipinski definition) is 5. The van der Waals surface area contributed by atoms with E-state index in [1.165, 1.54) is 0 Å². The summed E-state index contributed by atoms with van der Waals surface area (Å²) in [6.45, 7) is 3.36. The minimum atomic E-state index is -0.215. The van der Waals surface area contributed by atoms with Crippen LogP contribution in [0, 0.1) is 0 Å². The highest BCUT2D eigenvalue weighted by Crippen LogP contribution is 2.29. The lowest BCUT2D eigenvalue weighted by atomic mass is 10.1. The fraction of sp³-hybridized carbons (Fsp3) is 0.250. The fourth-order valence-corrected chi connectivity index (χ4v) is 2.83. The number of rotatable bonds is 10. The number of carbonyl (C=O) groups excluding carboxylic acids is 1. The van der Waals surface area contributed by atoms with Gasteiger partial charge in [0, 0.05) is 23.9 Å². The van der Waals surface area contributed by atoms with Crippen molar-refractivity contribution in [2.24, 2.45) is 0 Å². The Kier molecular flexibility index (Phi) is 7.66. The average Bonchev–Trinajstić information content (AvgIpc) is 2.80. The van der Waals surface area contributed by atoms with Crippen LogP contribution in [-0.4, -0.2) is 24.6 Å². The number of pyridine rings is 1. The van der Waals surface area contributed by atoms with E-state index in [0.29, 0.717) is 42.7 Å². The summed E-state index contributed by atoms with van der Waals surface area (Å²) in [4.78, 5) is 16.9. The summed E-state index contributed by atoms with van der Waals surface area (Å²) >= 11 is 0. The molecular weight excluding hydrogens is 380 g/mol. The van der Waals surface area contributed by atoms with E-state index >= 15 is 0 Å². The molecule has 156 valence electrons. The SMILES string of the molecule is CCCOc1ncccc1CNC(=O)c1ccc(OCc2ccccc2)c(OC)c1. The van der Waals surface area contributed by atoms with E-state index in [1.54, 1.807) is 31.5 Å². The van der Waals surface area contributed by atoms with Gasteiger partial charge in [0.15, 0.2) is 11.5 Å². The lowest BCUT2D eigenvalue weighted by molar-refractivity contribution is 0.0950. The summed E-state index contributed by atoms with van der Waals surface area (Å²) in [5, 5.41) is 2.91. The molecule has 30 heavy (non-hydrogen) atoms. The number of nitrogens with one attached hydrogen (secondary N) is 1. The smallest absolute Gasteiger partial charge is 0.251 e. The first-order valence-corrected chi connectivity index (χ1v) is 9.91. The summed E-state index contributed by atoms with van der Waals surface area (Å²) in [5.41, 5.74) is 2.37. The van der Waals surface area contributed by atoms with Crippen LogP contribution < -0.4 is 19.5 Å². The molecule has 0 saturated carbocycles. The van der Waals surface area contributed by atoms with Gasteiger partial charge in [0.25, 0.3) is 5.91 Å². The van der Waals surface area contributed by atoms with E-state index < -0.39 is 0 Å². The molecule has 2 aromatic carbocycles. The summed E-state index contributed by atoms with van der Waals surface area (Å²) in [6, 6.07) is 18.7. The van der Waals surface area contributed by atoms with Gasteiger partial charge < -0.3 is 19.5 Å². The minimum Gasteiger partial charge on any atom is -0.493 e. The largest absolute Gasteiger partial charge is 0.493 e. The van der Waals surface area contributed by atoms with Gasteiger partial charge in [0.2, 0.25) is 5.88 Å². The predicted octanol–water partition coefficient (Wildman–Crippen LogP) is 4.39. The predicted molar refractivity (Wildman–Crippen MR) is 115 cm³/mol. The van der Waals surface area contributed by atoms with Crippen molar-refractivity contribution in [2.75, 3.05) is 13.7 Å². The maximum absolute atomic E-state index is 12.6. The molecule has 0 aliphatic carbocycles. The van der Waals surface area contributed by atoms with Crippen molar-refractivity contribution in [1.82, 2.24) is 10.3 Å². The van der Waals surface area contributed by atoms with E-state index in [1.807, 2.05) is 49.4 Å². The second kappa shape index (κ2) is 10.9. The standard InChI is InChI=1S/C24H26N2O4/c1-3-14-29-24-20(10-7-13-25-24)16-26-23(27)19-11-12-21(22(15-19)28-2)30-17-18-8-5-4-6-9-18/h4-13,15H,3,14,16-17H2,1-2H3,(H,26,27). The van der Waals surface area contributed by atoms with Gasteiger partial charge in [0.05, 0.1) is 13.7 Å². The number of nitrogens with zero attached hydrogens (tertiary/aromatic N) is 1. The normalized spacial score (nSPS) is 10.3. The monoisotopic (exact) mass is 406 g/mol. The molecular formula is C24H26N2O4. The Hall–Kier alpha value is -3.54. The molecule has 0 aliphatic rings. The minimum absolute atomic E-state index is 0.215. The Morgan fingerprint density at radius 3 is 2.60 bits per heavy atom. The zero-order chi connectivity index (χ0) is 21.2. The first-order valence-electron chi connectivity index (χ1n) is 9.91. The number of methoxy groups -OCH3 is 1. The summed E-state index contributed by atoms with van der Waals surface area (Å²) in [6.07, 6.45) is 2.57. The second-order valence-electron chi connectivity index (χ2n) is 6.64. The Bertz CT molecular complexity index is 960. The second-order valence-corrected chi connectivity index (χ2v) is 6.64. The highest BCUT2D eigenvalue weighted by atomic mass is 16.5. The van der Waals surface area contributed by atoms with Crippen LogP contribution in [0.25, 0.3) is 0 Å². The topological polar surface area (TPSA) is 69.7 Å². The number of ether oxygens (including phenoxy) is 3. The Morgan fingerprint density at radius 1 is 1.00 bits per heavy atom. The Morgan fingerprint density at radius 2 is 1.83 bits per heavy atom. The van der Waals surface area contributed by atoms with E-state index in [2.05, 4.69) is 10.3 Å². The molecule has 0 fully saturated rings. The van der Waals surface area contributed by atoms with Crippen LogP contribution >= 0.6 is 0 Å². The first-order chi connectivity index (χ1) is 14.7. The van der Waals surface area contributed by atoms with Crippen molar-refractivity contribution in [3.05, 3.63) is 83.6 Å². The van der Waals surface area contributed by atoms with Crippen LogP contribution in [0.4, 0.5) is 0 Å². The molecule has 0 aliphatic heterocycles. The number of carbonyl (C=O) groups is 1. The third-order valence-electron chi connectivity index (χ3n) is 4.40. The summed E-state index contributed by atoms with van der Waals surface area (Å²) in [7, 11) is 1.55. The molecule has 1 amide bonds. The Labute approximate surface area is 176 Å². The Balaban J connectivity index is 1.64. The summed E-state index contributed by atoms with van der Waals surface area (Å²) in [5.74, 6) is 1.42. The highest BCUT2D eigenvalue weighted by Gasteiger charge is 2.13. The van der Waals surface area contributed by atoms with Gasteiger partial charge in [-0.2, -0.15) is 0 Å². The first kappa shape index (κ1) is 21.2. The molecule has 1 aromatic heterocycles. The van der Waals surface area contributed by atoms with Gasteiger partial charge in [-0.3, -0.25) is 4.79 Å². The maximum atomic E-state index is 12.6. The van der Waals surface area contributed by atoms with Crippen molar-refractivity contribution in [2.45, 2.75) is 26.5 Å². The van der Waals surface area contributed by atoms with Gasteiger partial charge in [-0.15, -0.1) is 0 Å². The van der Waals surface area contributed by atoms with Gasteiger partial charge in [-0.25, -0.2) is 4.98 Å². The van der Waals surface area contributed by atoms with Gasteiger partial charge in [-0.1, -0.05) is 43.3 Å². The van der Waals surface area contributed by atoms with Crippen LogP contribution in [0.5, 0.6) is 17.4 Å². The molecule has 0 bridgehead atoms. The number of amides is 1. The van der Waals surface area contributed by atoms with E-state index in [9.17, 15) is 4.79 Å². The van der Waals surface area contributed by atoms with Crippen LogP contribution in [0.3, 0.4) is 0 Å².